The molecule has 1 aliphatic carbocycles. The summed E-state index contributed by atoms with van der Waals surface area (Å²) in [5.74, 6) is -0.0131. The fourth-order valence-corrected chi connectivity index (χ4v) is 2.75. The predicted octanol–water partition coefficient (Wildman–Crippen LogP) is 2.62. The van der Waals surface area contributed by atoms with Gasteiger partial charge in [0.15, 0.2) is 0 Å². The number of ether oxygens (including phenoxy) is 2. The van der Waals surface area contributed by atoms with E-state index < -0.39 is 0 Å². The summed E-state index contributed by atoms with van der Waals surface area (Å²) < 4.78 is 10.7. The molecule has 1 saturated carbocycles. The zero-order valence-electron chi connectivity index (χ0n) is 9.73. The van der Waals surface area contributed by atoms with Gasteiger partial charge in [-0.05, 0) is 31.4 Å². The van der Waals surface area contributed by atoms with Gasteiger partial charge in [-0.25, -0.2) is 4.79 Å². The van der Waals surface area contributed by atoms with Crippen LogP contribution < -0.4 is 0 Å². The fourth-order valence-electron chi connectivity index (χ4n) is 2.75. The Kier molecular flexibility index (Phi) is 2.21. The molecule has 0 radical (unpaired) electrons. The molecule has 0 saturated heterocycles. The summed E-state index contributed by atoms with van der Waals surface area (Å²) in [6.07, 6.45) is 6.66. The molecule has 0 aromatic rings. The molecule has 1 fully saturated rings. The van der Waals surface area contributed by atoms with Gasteiger partial charge in [0.25, 0.3) is 0 Å². The summed E-state index contributed by atoms with van der Waals surface area (Å²) in [6, 6.07) is 0. The highest BCUT2D eigenvalue weighted by molar-refractivity contribution is 5.96. The minimum absolute atomic E-state index is 0.165. The molecule has 3 rings (SSSR count). The molecule has 0 spiro atoms. The second-order valence-corrected chi connectivity index (χ2v) is 4.73. The molecule has 2 atom stereocenters. The van der Waals surface area contributed by atoms with E-state index in [-0.39, 0.29) is 18.0 Å². The lowest BCUT2D eigenvalue weighted by atomic mass is 9.76. The van der Waals surface area contributed by atoms with Gasteiger partial charge in [-0.2, -0.15) is 0 Å². The first-order valence-electron chi connectivity index (χ1n) is 5.80. The van der Waals surface area contributed by atoms with Gasteiger partial charge in [0.05, 0.1) is 18.1 Å². The Labute approximate surface area is 100 Å². The Bertz CT molecular complexity index is 494. The summed E-state index contributed by atoms with van der Waals surface area (Å²) in [5.41, 5.74) is 3.80. The van der Waals surface area contributed by atoms with Crippen LogP contribution in [0, 0.1) is 5.92 Å². The van der Waals surface area contributed by atoms with Crippen LogP contribution in [-0.2, 0) is 14.3 Å². The lowest BCUT2D eigenvalue weighted by Gasteiger charge is -2.31. The van der Waals surface area contributed by atoms with Crippen molar-refractivity contribution in [2.45, 2.75) is 25.9 Å². The molecule has 2 unspecified atom stereocenters. The third-order valence-corrected chi connectivity index (χ3v) is 3.62. The number of carbonyl (C=O) groups excluding carboxylic acids is 1. The van der Waals surface area contributed by atoms with Gasteiger partial charge in [0, 0.05) is 11.5 Å². The standard InChI is InChI=1S/C14H14O3/c1-8(2)10-4-3-9-7-16-6-5-11-12(9)13(10)17-14(11)15/h5-7,10,13H,1,3-4H2,2H3. The summed E-state index contributed by atoms with van der Waals surface area (Å²) in [6.45, 7) is 5.99. The summed E-state index contributed by atoms with van der Waals surface area (Å²) in [5, 5.41) is 0. The monoisotopic (exact) mass is 230 g/mol. The fraction of sp³-hybridized carbons (Fsp3) is 0.357. The van der Waals surface area contributed by atoms with Crippen LogP contribution in [0.25, 0.3) is 0 Å². The van der Waals surface area contributed by atoms with Gasteiger partial charge < -0.3 is 9.47 Å². The Hall–Kier alpha value is -1.77. The quantitative estimate of drug-likeness (QED) is 0.513. The van der Waals surface area contributed by atoms with Crippen LogP contribution in [0.5, 0.6) is 0 Å². The van der Waals surface area contributed by atoms with Crippen LogP contribution in [0.4, 0.5) is 0 Å². The Morgan fingerprint density at radius 3 is 3.12 bits per heavy atom. The number of hydrogen-bond acceptors (Lipinski definition) is 3. The van der Waals surface area contributed by atoms with Crippen LogP contribution in [-0.4, -0.2) is 12.1 Å². The minimum atomic E-state index is -0.245. The highest BCUT2D eigenvalue weighted by Crippen LogP contribution is 2.44. The van der Waals surface area contributed by atoms with Gasteiger partial charge in [0.2, 0.25) is 0 Å². The van der Waals surface area contributed by atoms with E-state index in [0.717, 1.165) is 29.6 Å². The maximum atomic E-state index is 11.8. The molecule has 3 nitrogen and oxygen atoms in total. The maximum Gasteiger partial charge on any atom is 0.339 e. The summed E-state index contributed by atoms with van der Waals surface area (Å²) in [4.78, 5) is 11.8. The second kappa shape index (κ2) is 3.62. The molecule has 0 amide bonds. The molecule has 88 valence electrons. The van der Waals surface area contributed by atoms with Crippen molar-refractivity contribution >= 4 is 5.97 Å². The van der Waals surface area contributed by atoms with Crippen molar-refractivity contribution in [1.82, 2.24) is 0 Å². The molecule has 0 aromatic carbocycles. The van der Waals surface area contributed by atoms with Crippen molar-refractivity contribution in [2.75, 3.05) is 0 Å². The van der Waals surface area contributed by atoms with E-state index in [1.165, 1.54) is 6.26 Å². The number of hydrogen-bond donors (Lipinski definition) is 0. The molecule has 3 aliphatic rings. The number of rotatable bonds is 1. The van der Waals surface area contributed by atoms with Gasteiger partial charge in [-0.15, -0.1) is 0 Å². The van der Waals surface area contributed by atoms with Crippen LogP contribution in [0.15, 0.2) is 47.5 Å². The van der Waals surface area contributed by atoms with Crippen molar-refractivity contribution in [1.29, 1.82) is 0 Å². The van der Waals surface area contributed by atoms with Gasteiger partial charge >= 0.3 is 5.97 Å². The lowest BCUT2D eigenvalue weighted by Crippen LogP contribution is -2.29. The molecule has 2 heterocycles. The molecule has 2 aliphatic heterocycles. The predicted molar refractivity (Wildman–Crippen MR) is 62.8 cm³/mol. The van der Waals surface area contributed by atoms with Crippen molar-refractivity contribution in [3.05, 3.63) is 47.5 Å². The van der Waals surface area contributed by atoms with Crippen LogP contribution in [0.3, 0.4) is 0 Å². The van der Waals surface area contributed by atoms with Gasteiger partial charge in [0.1, 0.15) is 6.10 Å². The largest absolute Gasteiger partial charge is 0.472 e. The third kappa shape index (κ3) is 1.46. The molecule has 0 N–H and O–H groups in total. The van der Waals surface area contributed by atoms with E-state index in [0.29, 0.717) is 5.57 Å². The first-order chi connectivity index (χ1) is 8.18. The zero-order chi connectivity index (χ0) is 12.0. The molecular weight excluding hydrogens is 216 g/mol. The van der Waals surface area contributed by atoms with E-state index >= 15 is 0 Å². The van der Waals surface area contributed by atoms with Crippen molar-refractivity contribution < 1.29 is 14.3 Å². The van der Waals surface area contributed by atoms with E-state index in [2.05, 4.69) is 6.58 Å². The highest BCUT2D eigenvalue weighted by atomic mass is 16.5. The molecule has 0 aromatic heterocycles. The smallest absolute Gasteiger partial charge is 0.339 e. The van der Waals surface area contributed by atoms with Crippen LogP contribution >= 0.6 is 0 Å². The summed E-state index contributed by atoms with van der Waals surface area (Å²) in [7, 11) is 0. The zero-order valence-corrected chi connectivity index (χ0v) is 9.73. The molecule has 0 bridgehead atoms. The minimum Gasteiger partial charge on any atom is -0.472 e. The van der Waals surface area contributed by atoms with Crippen molar-refractivity contribution in [3.63, 3.8) is 0 Å². The van der Waals surface area contributed by atoms with Gasteiger partial charge in [-0.3, -0.25) is 0 Å². The van der Waals surface area contributed by atoms with Gasteiger partial charge in [-0.1, -0.05) is 12.2 Å². The SMILES string of the molecule is C=C(C)C1CCC2=COC=CC3=C2C1OC3=O. The molecular formula is C14H14O3. The first-order valence-corrected chi connectivity index (χ1v) is 5.80. The van der Waals surface area contributed by atoms with E-state index in [1.807, 2.05) is 6.92 Å². The van der Waals surface area contributed by atoms with E-state index in [1.54, 1.807) is 12.3 Å². The highest BCUT2D eigenvalue weighted by Gasteiger charge is 2.43. The van der Waals surface area contributed by atoms with Crippen molar-refractivity contribution in [3.8, 4) is 0 Å². The molecule has 3 heteroatoms. The van der Waals surface area contributed by atoms with E-state index in [4.69, 9.17) is 9.47 Å². The second-order valence-electron chi connectivity index (χ2n) is 4.73. The normalized spacial score (nSPS) is 30.2. The maximum absolute atomic E-state index is 11.8. The number of carbonyl (C=O) groups is 1. The third-order valence-electron chi connectivity index (χ3n) is 3.62. The average Bonchev–Trinajstić information content (AvgIpc) is 2.48. The van der Waals surface area contributed by atoms with Crippen molar-refractivity contribution in [2.24, 2.45) is 5.92 Å². The Morgan fingerprint density at radius 2 is 2.35 bits per heavy atom. The van der Waals surface area contributed by atoms with E-state index in [9.17, 15) is 4.79 Å². The average molecular weight is 230 g/mol. The topological polar surface area (TPSA) is 35.5 Å². The summed E-state index contributed by atoms with van der Waals surface area (Å²) >= 11 is 0. The Morgan fingerprint density at radius 1 is 1.53 bits per heavy atom. The molecule has 17 heavy (non-hydrogen) atoms. The lowest BCUT2D eigenvalue weighted by molar-refractivity contribution is -0.141. The number of esters is 1. The van der Waals surface area contributed by atoms with Crippen LogP contribution in [0.1, 0.15) is 19.8 Å². The van der Waals surface area contributed by atoms with Crippen LogP contribution in [0.2, 0.25) is 0 Å². The first kappa shape index (κ1) is 10.4. The Balaban J connectivity index is 2.11.